The highest BCUT2D eigenvalue weighted by Crippen LogP contribution is 2.24. The molecule has 9 heteroatoms. The highest BCUT2D eigenvalue weighted by molar-refractivity contribution is 8.18. The van der Waals surface area contributed by atoms with Crippen molar-refractivity contribution in [3.63, 3.8) is 0 Å². The zero-order valence-corrected chi connectivity index (χ0v) is 20.8. The van der Waals surface area contributed by atoms with Crippen LogP contribution >= 0.6 is 35.1 Å². The molecule has 2 atom stereocenters. The third-order valence-corrected chi connectivity index (χ3v) is 7.47. The van der Waals surface area contributed by atoms with Gasteiger partial charge in [-0.25, -0.2) is 4.79 Å². The quantitative estimate of drug-likeness (QED) is 0.384. The standard InChI is InChI=1S/C26H22ClNO5S2/c27-20-13-11-17(12-14-20)15-21(24(30)31)28-23(29)22(35-26(33)19-9-5-2-6-10-19)16-34-25(32)18-7-3-1-4-8-18/h1-14,21-22H,15-16H2,(H,28,29)(H,30,31). The Bertz CT molecular complexity index is 1170. The highest BCUT2D eigenvalue weighted by atomic mass is 35.5. The van der Waals surface area contributed by atoms with Gasteiger partial charge in [0.25, 0.3) is 0 Å². The number of carbonyl (C=O) groups excluding carboxylic acids is 3. The Labute approximate surface area is 216 Å². The van der Waals surface area contributed by atoms with Gasteiger partial charge in [0.15, 0.2) is 0 Å². The van der Waals surface area contributed by atoms with Crippen molar-refractivity contribution in [2.45, 2.75) is 17.7 Å². The Morgan fingerprint density at radius 1 is 0.800 bits per heavy atom. The summed E-state index contributed by atoms with van der Waals surface area (Å²) in [5.74, 6) is -1.84. The molecule has 3 rings (SSSR count). The molecule has 3 aromatic carbocycles. The first-order valence-corrected chi connectivity index (χ1v) is 12.8. The van der Waals surface area contributed by atoms with Gasteiger partial charge in [-0.15, -0.1) is 0 Å². The number of amides is 1. The Hall–Kier alpha value is -3.07. The van der Waals surface area contributed by atoms with Crippen molar-refractivity contribution in [1.29, 1.82) is 0 Å². The van der Waals surface area contributed by atoms with Gasteiger partial charge in [-0.2, -0.15) is 0 Å². The van der Waals surface area contributed by atoms with Crippen LogP contribution in [0.15, 0.2) is 84.9 Å². The zero-order valence-electron chi connectivity index (χ0n) is 18.4. The molecule has 2 unspecified atom stereocenters. The van der Waals surface area contributed by atoms with E-state index in [9.17, 15) is 24.3 Å². The number of benzene rings is 3. The molecule has 35 heavy (non-hydrogen) atoms. The number of carboxylic acids is 1. The lowest BCUT2D eigenvalue weighted by Crippen LogP contribution is -2.46. The van der Waals surface area contributed by atoms with Crippen molar-refractivity contribution in [2.75, 3.05) is 5.75 Å². The number of rotatable bonds is 10. The van der Waals surface area contributed by atoms with Crippen LogP contribution in [0.5, 0.6) is 0 Å². The number of thioether (sulfide) groups is 2. The van der Waals surface area contributed by atoms with E-state index in [1.54, 1.807) is 84.9 Å². The first-order chi connectivity index (χ1) is 16.8. The molecule has 0 saturated heterocycles. The normalized spacial score (nSPS) is 12.4. The summed E-state index contributed by atoms with van der Waals surface area (Å²) in [5, 5.41) is 11.2. The van der Waals surface area contributed by atoms with E-state index in [-0.39, 0.29) is 22.4 Å². The average Bonchev–Trinajstić information content (AvgIpc) is 2.87. The van der Waals surface area contributed by atoms with Gasteiger partial charge < -0.3 is 10.4 Å². The topological polar surface area (TPSA) is 101 Å². The lowest BCUT2D eigenvalue weighted by Gasteiger charge is -2.19. The monoisotopic (exact) mass is 527 g/mol. The molecular weight excluding hydrogens is 506 g/mol. The van der Waals surface area contributed by atoms with Crippen molar-refractivity contribution in [3.8, 4) is 0 Å². The molecule has 0 radical (unpaired) electrons. The van der Waals surface area contributed by atoms with Gasteiger partial charge in [0.2, 0.25) is 16.1 Å². The largest absolute Gasteiger partial charge is 0.480 e. The van der Waals surface area contributed by atoms with Crippen LogP contribution in [0.25, 0.3) is 0 Å². The van der Waals surface area contributed by atoms with E-state index in [0.717, 1.165) is 23.5 Å². The third kappa shape index (κ3) is 8.28. The molecular formula is C26H22ClNO5S2. The van der Waals surface area contributed by atoms with Gasteiger partial charge in [-0.1, -0.05) is 108 Å². The van der Waals surface area contributed by atoms with Crippen LogP contribution in [0.3, 0.4) is 0 Å². The lowest BCUT2D eigenvalue weighted by molar-refractivity contribution is -0.141. The molecule has 180 valence electrons. The predicted octanol–water partition coefficient (Wildman–Crippen LogP) is 4.97. The second-order valence-electron chi connectivity index (χ2n) is 7.45. The van der Waals surface area contributed by atoms with Crippen LogP contribution in [-0.2, 0) is 16.0 Å². The van der Waals surface area contributed by atoms with Gasteiger partial charge in [-0.05, 0) is 17.7 Å². The lowest BCUT2D eigenvalue weighted by atomic mass is 10.1. The summed E-state index contributed by atoms with van der Waals surface area (Å²) in [6, 6.07) is 22.5. The Morgan fingerprint density at radius 2 is 1.34 bits per heavy atom. The summed E-state index contributed by atoms with van der Waals surface area (Å²) in [5.41, 5.74) is 1.56. The number of hydrogen-bond acceptors (Lipinski definition) is 6. The van der Waals surface area contributed by atoms with Crippen LogP contribution < -0.4 is 5.32 Å². The summed E-state index contributed by atoms with van der Waals surface area (Å²) in [6.45, 7) is 0. The van der Waals surface area contributed by atoms with E-state index in [0.29, 0.717) is 21.7 Å². The van der Waals surface area contributed by atoms with Crippen LogP contribution in [0.2, 0.25) is 5.02 Å². The maximum absolute atomic E-state index is 13.1. The molecule has 0 aliphatic carbocycles. The van der Waals surface area contributed by atoms with Gasteiger partial charge in [0, 0.05) is 28.3 Å². The molecule has 0 aromatic heterocycles. The van der Waals surface area contributed by atoms with Crippen LogP contribution in [0.4, 0.5) is 0 Å². The number of carboxylic acid groups (broad SMARTS) is 1. The van der Waals surface area contributed by atoms with Gasteiger partial charge in [0.1, 0.15) is 11.3 Å². The summed E-state index contributed by atoms with van der Waals surface area (Å²) in [7, 11) is 0. The van der Waals surface area contributed by atoms with Crippen molar-refractivity contribution in [3.05, 3.63) is 107 Å². The average molecular weight is 528 g/mol. The van der Waals surface area contributed by atoms with Crippen LogP contribution in [-0.4, -0.2) is 44.3 Å². The predicted molar refractivity (Wildman–Crippen MR) is 140 cm³/mol. The van der Waals surface area contributed by atoms with Crippen molar-refractivity contribution in [1.82, 2.24) is 5.32 Å². The number of halogens is 1. The summed E-state index contributed by atoms with van der Waals surface area (Å²) >= 11 is 7.57. The minimum Gasteiger partial charge on any atom is -0.480 e. The molecule has 0 bridgehead atoms. The second kappa shape index (κ2) is 13.1. The molecule has 0 aliphatic rings. The Balaban J connectivity index is 1.73. The molecule has 0 fully saturated rings. The fourth-order valence-corrected chi connectivity index (χ4v) is 5.13. The molecule has 0 heterocycles. The maximum Gasteiger partial charge on any atom is 0.326 e. The molecule has 2 N–H and O–H groups in total. The molecule has 0 spiro atoms. The minimum atomic E-state index is -1.21. The molecule has 6 nitrogen and oxygen atoms in total. The number of carbonyl (C=O) groups is 4. The van der Waals surface area contributed by atoms with Crippen molar-refractivity contribution < 1.29 is 24.3 Å². The number of nitrogens with one attached hydrogen (secondary N) is 1. The molecule has 3 aromatic rings. The van der Waals surface area contributed by atoms with E-state index in [4.69, 9.17) is 11.6 Å². The molecule has 1 amide bonds. The van der Waals surface area contributed by atoms with E-state index < -0.39 is 23.2 Å². The third-order valence-electron chi connectivity index (χ3n) is 4.89. The smallest absolute Gasteiger partial charge is 0.326 e. The molecule has 0 aliphatic heterocycles. The summed E-state index contributed by atoms with van der Waals surface area (Å²) < 4.78 is 0. The second-order valence-corrected chi connectivity index (χ2v) is 10.1. The van der Waals surface area contributed by atoms with E-state index in [2.05, 4.69) is 5.32 Å². The fraction of sp³-hybridized carbons (Fsp3) is 0.154. The highest BCUT2D eigenvalue weighted by Gasteiger charge is 2.29. The fourth-order valence-electron chi connectivity index (χ4n) is 3.06. The first-order valence-electron chi connectivity index (χ1n) is 10.6. The number of hydrogen-bond donors (Lipinski definition) is 2. The minimum absolute atomic E-state index is 0.00388. The first kappa shape index (κ1) is 26.5. The van der Waals surface area contributed by atoms with Gasteiger partial charge in [0.05, 0.1) is 0 Å². The van der Waals surface area contributed by atoms with E-state index in [1.165, 1.54) is 0 Å². The Kier molecular flexibility index (Phi) is 9.96. The van der Waals surface area contributed by atoms with E-state index >= 15 is 0 Å². The van der Waals surface area contributed by atoms with Crippen LogP contribution in [0.1, 0.15) is 26.3 Å². The van der Waals surface area contributed by atoms with Gasteiger partial charge >= 0.3 is 5.97 Å². The molecule has 0 saturated carbocycles. The summed E-state index contributed by atoms with van der Waals surface area (Å²) in [4.78, 5) is 50.3. The van der Waals surface area contributed by atoms with E-state index in [1.807, 2.05) is 0 Å². The zero-order chi connectivity index (χ0) is 25.2. The van der Waals surface area contributed by atoms with Crippen molar-refractivity contribution >= 4 is 57.2 Å². The number of aliphatic carboxylic acids is 1. The Morgan fingerprint density at radius 3 is 1.89 bits per heavy atom. The SMILES string of the molecule is O=C(SCC(SC(=O)c1ccccc1)C(=O)NC(Cc1ccc(Cl)cc1)C(=O)O)c1ccccc1. The van der Waals surface area contributed by atoms with Crippen molar-refractivity contribution in [2.24, 2.45) is 0 Å². The maximum atomic E-state index is 13.1. The summed E-state index contributed by atoms with van der Waals surface area (Å²) in [6.07, 6.45) is 0.0400. The van der Waals surface area contributed by atoms with Crippen LogP contribution in [0, 0.1) is 0 Å². The van der Waals surface area contributed by atoms with Gasteiger partial charge in [-0.3, -0.25) is 14.4 Å².